The largest absolute Gasteiger partial charge is 0.481 e. The Labute approximate surface area is 132 Å². The maximum absolute atomic E-state index is 12.6. The second-order valence-corrected chi connectivity index (χ2v) is 7.89. The van der Waals surface area contributed by atoms with Crippen LogP contribution in [0.5, 0.6) is 0 Å². The van der Waals surface area contributed by atoms with Crippen LogP contribution in [0.25, 0.3) is 0 Å². The van der Waals surface area contributed by atoms with Gasteiger partial charge in [-0.05, 0) is 37.5 Å². The average Bonchev–Trinajstić information content (AvgIpc) is 3.08. The molecular weight excluding hydrogens is 280 g/mol. The molecule has 2 atom stereocenters. The Kier molecular flexibility index (Phi) is 4.19. The van der Waals surface area contributed by atoms with Gasteiger partial charge in [0.15, 0.2) is 0 Å². The van der Waals surface area contributed by atoms with Crippen LogP contribution in [0.1, 0.15) is 46.0 Å². The molecule has 1 heterocycles. The molecule has 124 valence electrons. The molecule has 3 aliphatic rings. The summed E-state index contributed by atoms with van der Waals surface area (Å²) in [6.07, 6.45) is 5.03. The number of carboxylic acids is 1. The number of amides is 1. The average molecular weight is 308 g/mol. The third-order valence-electron chi connectivity index (χ3n) is 5.60. The zero-order valence-electron chi connectivity index (χ0n) is 13.8. The van der Waals surface area contributed by atoms with Gasteiger partial charge in [-0.15, -0.1) is 0 Å². The molecular formula is C17H28N2O3. The van der Waals surface area contributed by atoms with Crippen LogP contribution in [0.4, 0.5) is 0 Å². The van der Waals surface area contributed by atoms with E-state index >= 15 is 0 Å². The monoisotopic (exact) mass is 308 g/mol. The van der Waals surface area contributed by atoms with Crippen molar-refractivity contribution in [3.05, 3.63) is 0 Å². The summed E-state index contributed by atoms with van der Waals surface area (Å²) < 4.78 is 0. The lowest BCUT2D eigenvalue weighted by Crippen LogP contribution is -2.43. The third kappa shape index (κ3) is 2.87. The number of likely N-dealkylation sites (tertiary alicyclic amines) is 1. The van der Waals surface area contributed by atoms with Crippen LogP contribution in [0.3, 0.4) is 0 Å². The number of hydrogen-bond acceptors (Lipinski definition) is 3. The van der Waals surface area contributed by atoms with E-state index in [-0.39, 0.29) is 11.8 Å². The van der Waals surface area contributed by atoms with E-state index in [2.05, 4.69) is 18.7 Å². The minimum Gasteiger partial charge on any atom is -0.481 e. The molecule has 0 aromatic heterocycles. The minimum atomic E-state index is -0.661. The SMILES string of the molecule is CC(C)CN(C(=O)CN1C[C@@H]2CCC[C@@]2(C(=O)O)C1)C1CC1. The van der Waals surface area contributed by atoms with Crippen LogP contribution in [0, 0.1) is 17.3 Å². The summed E-state index contributed by atoms with van der Waals surface area (Å²) in [5, 5.41) is 9.63. The first-order chi connectivity index (χ1) is 10.4. The molecule has 2 aliphatic carbocycles. The van der Waals surface area contributed by atoms with Crippen LogP contribution in [-0.4, -0.2) is 59.0 Å². The van der Waals surface area contributed by atoms with Crippen molar-refractivity contribution in [3.8, 4) is 0 Å². The number of aliphatic carboxylic acids is 1. The Morgan fingerprint density at radius 3 is 2.59 bits per heavy atom. The van der Waals surface area contributed by atoms with E-state index in [1.54, 1.807) is 0 Å². The van der Waals surface area contributed by atoms with Crippen molar-refractivity contribution in [1.82, 2.24) is 9.80 Å². The Balaban J connectivity index is 1.61. The lowest BCUT2D eigenvalue weighted by atomic mass is 9.81. The van der Waals surface area contributed by atoms with Crippen molar-refractivity contribution in [1.29, 1.82) is 0 Å². The highest BCUT2D eigenvalue weighted by Crippen LogP contribution is 2.48. The quantitative estimate of drug-likeness (QED) is 0.813. The summed E-state index contributed by atoms with van der Waals surface area (Å²) >= 11 is 0. The summed E-state index contributed by atoms with van der Waals surface area (Å²) in [4.78, 5) is 28.5. The predicted octanol–water partition coefficient (Wildman–Crippen LogP) is 1.82. The van der Waals surface area contributed by atoms with Crippen molar-refractivity contribution < 1.29 is 14.7 Å². The molecule has 1 amide bonds. The van der Waals surface area contributed by atoms with Gasteiger partial charge in [-0.25, -0.2) is 0 Å². The van der Waals surface area contributed by atoms with E-state index in [1.807, 2.05) is 4.90 Å². The molecule has 0 bridgehead atoms. The zero-order chi connectivity index (χ0) is 15.9. The van der Waals surface area contributed by atoms with Crippen LogP contribution in [0.15, 0.2) is 0 Å². The lowest BCUT2D eigenvalue weighted by molar-refractivity contribution is -0.149. The van der Waals surface area contributed by atoms with E-state index in [0.717, 1.165) is 45.2 Å². The van der Waals surface area contributed by atoms with E-state index in [0.29, 0.717) is 25.0 Å². The zero-order valence-corrected chi connectivity index (χ0v) is 13.8. The number of fused-ring (bicyclic) bond motifs is 1. The fourth-order valence-corrected chi connectivity index (χ4v) is 4.38. The van der Waals surface area contributed by atoms with E-state index in [9.17, 15) is 14.7 Å². The molecule has 5 heteroatoms. The Morgan fingerprint density at radius 1 is 1.32 bits per heavy atom. The highest BCUT2D eigenvalue weighted by Gasteiger charge is 2.55. The molecule has 3 rings (SSSR count). The van der Waals surface area contributed by atoms with Gasteiger partial charge >= 0.3 is 5.97 Å². The number of carboxylic acid groups (broad SMARTS) is 1. The highest BCUT2D eigenvalue weighted by molar-refractivity contribution is 5.80. The number of hydrogen-bond donors (Lipinski definition) is 1. The Hall–Kier alpha value is -1.10. The topological polar surface area (TPSA) is 60.9 Å². The van der Waals surface area contributed by atoms with E-state index in [1.165, 1.54) is 0 Å². The van der Waals surface area contributed by atoms with Gasteiger partial charge in [-0.3, -0.25) is 14.5 Å². The summed E-state index contributed by atoms with van der Waals surface area (Å²) in [7, 11) is 0. The minimum absolute atomic E-state index is 0.191. The molecule has 1 saturated heterocycles. The van der Waals surface area contributed by atoms with E-state index in [4.69, 9.17) is 0 Å². The first-order valence-electron chi connectivity index (χ1n) is 8.67. The summed E-state index contributed by atoms with van der Waals surface area (Å²) in [6, 6.07) is 0.436. The van der Waals surface area contributed by atoms with Crippen LogP contribution in [0.2, 0.25) is 0 Å². The fraction of sp³-hybridized carbons (Fsp3) is 0.882. The maximum Gasteiger partial charge on any atom is 0.311 e. The molecule has 0 aromatic rings. The van der Waals surface area contributed by atoms with Crippen molar-refractivity contribution in [3.63, 3.8) is 0 Å². The van der Waals surface area contributed by atoms with Gasteiger partial charge in [0.2, 0.25) is 5.91 Å². The van der Waals surface area contributed by atoms with Crippen molar-refractivity contribution in [2.75, 3.05) is 26.2 Å². The number of carbonyl (C=O) groups excluding carboxylic acids is 1. The van der Waals surface area contributed by atoms with Gasteiger partial charge in [0.05, 0.1) is 12.0 Å². The molecule has 1 aliphatic heterocycles. The highest BCUT2D eigenvalue weighted by atomic mass is 16.4. The van der Waals surface area contributed by atoms with Crippen LogP contribution >= 0.6 is 0 Å². The first kappa shape index (κ1) is 15.8. The molecule has 0 aromatic carbocycles. The smallest absolute Gasteiger partial charge is 0.311 e. The standard InChI is InChI=1S/C17H28N2O3/c1-12(2)8-19(14-5-6-14)15(20)10-18-9-13-4-3-7-17(13,11-18)16(21)22/h12-14H,3-11H2,1-2H3,(H,21,22)/t13-,17+/m0/s1. The molecule has 22 heavy (non-hydrogen) atoms. The number of carbonyl (C=O) groups is 2. The number of nitrogens with zero attached hydrogens (tertiary/aromatic N) is 2. The fourth-order valence-electron chi connectivity index (χ4n) is 4.38. The lowest BCUT2D eigenvalue weighted by Gasteiger charge is -2.28. The summed E-state index contributed by atoms with van der Waals surface area (Å²) in [5.41, 5.74) is -0.581. The Bertz CT molecular complexity index is 461. The second kappa shape index (κ2) is 5.84. The summed E-state index contributed by atoms with van der Waals surface area (Å²) in [6.45, 7) is 6.83. The first-order valence-corrected chi connectivity index (χ1v) is 8.67. The molecule has 3 fully saturated rings. The molecule has 2 saturated carbocycles. The van der Waals surface area contributed by atoms with Crippen molar-refractivity contribution in [2.24, 2.45) is 17.3 Å². The predicted molar refractivity (Wildman–Crippen MR) is 83.4 cm³/mol. The van der Waals surface area contributed by atoms with Crippen LogP contribution in [-0.2, 0) is 9.59 Å². The third-order valence-corrected chi connectivity index (χ3v) is 5.60. The van der Waals surface area contributed by atoms with Gasteiger partial charge in [-0.1, -0.05) is 20.3 Å². The van der Waals surface area contributed by atoms with Gasteiger partial charge in [0, 0.05) is 25.7 Å². The maximum atomic E-state index is 12.6. The van der Waals surface area contributed by atoms with Gasteiger partial charge in [-0.2, -0.15) is 0 Å². The molecule has 0 unspecified atom stereocenters. The normalized spacial score (nSPS) is 31.5. The van der Waals surface area contributed by atoms with Gasteiger partial charge in [0.25, 0.3) is 0 Å². The van der Waals surface area contributed by atoms with Gasteiger partial charge in [0.1, 0.15) is 0 Å². The van der Waals surface area contributed by atoms with Crippen molar-refractivity contribution >= 4 is 11.9 Å². The molecule has 0 spiro atoms. The van der Waals surface area contributed by atoms with E-state index < -0.39 is 11.4 Å². The second-order valence-electron chi connectivity index (χ2n) is 7.89. The summed E-state index contributed by atoms with van der Waals surface area (Å²) in [5.74, 6) is 0.244. The van der Waals surface area contributed by atoms with Crippen LogP contribution < -0.4 is 0 Å². The molecule has 1 N–H and O–H groups in total. The van der Waals surface area contributed by atoms with Crippen molar-refractivity contribution in [2.45, 2.75) is 52.0 Å². The Morgan fingerprint density at radius 2 is 2.05 bits per heavy atom. The molecule has 5 nitrogen and oxygen atoms in total. The number of rotatable bonds is 6. The molecule has 0 radical (unpaired) electrons. The van der Waals surface area contributed by atoms with Gasteiger partial charge < -0.3 is 10.0 Å².